The first-order valence-corrected chi connectivity index (χ1v) is 8.33. The van der Waals surface area contributed by atoms with Gasteiger partial charge in [-0.2, -0.15) is 7.84 Å². The fourth-order valence-electron chi connectivity index (χ4n) is 1.36. The van der Waals surface area contributed by atoms with Crippen LogP contribution in [0.3, 0.4) is 0 Å². The molecule has 0 aliphatic carbocycles. The van der Waals surface area contributed by atoms with E-state index in [-0.39, 0.29) is 0 Å². The largest absolute Gasteiger partial charge is 0.379 e. The Kier molecular flexibility index (Phi) is 6.13. The Morgan fingerprint density at radius 1 is 0.952 bits per heavy atom. The summed E-state index contributed by atoms with van der Waals surface area (Å²) in [5, 5.41) is 1.82. The van der Waals surface area contributed by atoms with Crippen molar-refractivity contribution in [3.8, 4) is 5.75 Å². The highest BCUT2D eigenvalue weighted by Crippen LogP contribution is 2.17. The summed E-state index contributed by atoms with van der Waals surface area (Å²) in [7, 11) is 0. The number of rotatable bonds is 6. The summed E-state index contributed by atoms with van der Waals surface area (Å²) in [5.74, 6) is 0.307. The van der Waals surface area contributed by atoms with Gasteiger partial charge < -0.3 is 4.18 Å². The van der Waals surface area contributed by atoms with Gasteiger partial charge in [0.2, 0.25) is 0 Å². The molecule has 2 atom stereocenters. The van der Waals surface area contributed by atoms with Crippen LogP contribution in [0.2, 0.25) is 5.02 Å². The third-order valence-electron chi connectivity index (χ3n) is 2.27. The Labute approximate surface area is 132 Å². The van der Waals surface area contributed by atoms with E-state index in [1.54, 1.807) is 18.2 Å². The van der Waals surface area contributed by atoms with Crippen molar-refractivity contribution >= 4 is 40.1 Å². The second kappa shape index (κ2) is 8.09. The number of hydrogen-bond donors (Lipinski definition) is 0. The van der Waals surface area contributed by atoms with Gasteiger partial charge in [-0.05, 0) is 35.9 Å². The molecule has 2 unspecified atom stereocenters. The van der Waals surface area contributed by atoms with E-state index < -0.39 is 22.4 Å². The van der Waals surface area contributed by atoms with Crippen LogP contribution < -0.4 is 4.18 Å². The van der Waals surface area contributed by atoms with Gasteiger partial charge in [-0.3, -0.25) is 0 Å². The van der Waals surface area contributed by atoms with Crippen LogP contribution >= 0.6 is 11.6 Å². The Balaban J connectivity index is 1.86. The molecular formula is C14H11ClO4S2. The highest BCUT2D eigenvalue weighted by Gasteiger charge is 2.07. The van der Waals surface area contributed by atoms with E-state index >= 15 is 0 Å². The SMILES string of the molecule is O=S(/C=C/c1ccccc1)OS(=O)Oc1ccc(Cl)cc1. The summed E-state index contributed by atoms with van der Waals surface area (Å²) in [6.07, 6.45) is 1.61. The first kappa shape index (κ1) is 15.9. The van der Waals surface area contributed by atoms with Crippen LogP contribution in [0.4, 0.5) is 0 Å². The zero-order valence-corrected chi connectivity index (χ0v) is 13.1. The molecule has 0 N–H and O–H groups in total. The zero-order chi connectivity index (χ0) is 15.1. The van der Waals surface area contributed by atoms with Gasteiger partial charge in [0, 0.05) is 10.4 Å². The summed E-state index contributed by atoms with van der Waals surface area (Å²) in [6.45, 7) is 0. The molecule has 0 heterocycles. The van der Waals surface area contributed by atoms with Gasteiger partial charge in [-0.1, -0.05) is 41.9 Å². The molecule has 0 aliphatic heterocycles. The summed E-state index contributed by atoms with van der Waals surface area (Å²) in [4.78, 5) is 0. The van der Waals surface area contributed by atoms with E-state index in [9.17, 15) is 8.42 Å². The van der Waals surface area contributed by atoms with Crippen molar-refractivity contribution in [3.05, 3.63) is 70.6 Å². The summed E-state index contributed by atoms with van der Waals surface area (Å²) in [6, 6.07) is 15.5. The van der Waals surface area contributed by atoms with Crippen LogP contribution in [-0.2, 0) is 26.1 Å². The van der Waals surface area contributed by atoms with Gasteiger partial charge in [0.05, 0.1) is 0 Å². The van der Waals surface area contributed by atoms with Crippen molar-refractivity contribution in [1.29, 1.82) is 0 Å². The lowest BCUT2D eigenvalue weighted by Crippen LogP contribution is -2.05. The zero-order valence-electron chi connectivity index (χ0n) is 10.7. The monoisotopic (exact) mass is 342 g/mol. The van der Waals surface area contributed by atoms with E-state index in [2.05, 4.69) is 0 Å². The molecule has 7 heteroatoms. The summed E-state index contributed by atoms with van der Waals surface area (Å²) >= 11 is 1.69. The molecule has 0 saturated carbocycles. The lowest BCUT2D eigenvalue weighted by molar-refractivity contribution is 0.476. The van der Waals surface area contributed by atoms with E-state index in [1.165, 1.54) is 17.5 Å². The normalized spacial score (nSPS) is 14.0. The molecule has 2 rings (SSSR count). The van der Waals surface area contributed by atoms with Gasteiger partial charge in [-0.25, -0.2) is 4.21 Å². The van der Waals surface area contributed by atoms with Crippen LogP contribution in [0.25, 0.3) is 6.08 Å². The van der Waals surface area contributed by atoms with Crippen molar-refractivity contribution in [2.75, 3.05) is 0 Å². The van der Waals surface area contributed by atoms with Crippen molar-refractivity contribution in [2.24, 2.45) is 0 Å². The minimum Gasteiger partial charge on any atom is -0.379 e. The van der Waals surface area contributed by atoms with Crippen LogP contribution in [-0.4, -0.2) is 8.42 Å². The molecule has 0 saturated heterocycles. The third kappa shape index (κ3) is 5.81. The number of benzene rings is 2. The first-order valence-electron chi connectivity index (χ1n) is 5.82. The second-order valence-corrected chi connectivity index (χ2v) is 6.13. The van der Waals surface area contributed by atoms with E-state index in [1.807, 2.05) is 30.3 Å². The third-order valence-corrected chi connectivity index (χ3v) is 4.19. The molecule has 0 aromatic heterocycles. The first-order chi connectivity index (χ1) is 10.1. The molecule has 4 nitrogen and oxygen atoms in total. The molecule has 0 radical (unpaired) electrons. The predicted molar refractivity (Wildman–Crippen MR) is 84.9 cm³/mol. The predicted octanol–water partition coefficient (Wildman–Crippen LogP) is 3.65. The highest BCUT2D eigenvalue weighted by atomic mass is 35.5. The van der Waals surface area contributed by atoms with E-state index in [0.717, 1.165) is 5.56 Å². The Hall–Kier alpha value is -1.47. The summed E-state index contributed by atoms with van der Waals surface area (Å²) in [5.41, 5.74) is 0.860. The van der Waals surface area contributed by atoms with E-state index in [0.29, 0.717) is 10.8 Å². The quantitative estimate of drug-likeness (QED) is 0.804. The molecule has 0 fully saturated rings. The molecule has 0 aliphatic rings. The van der Waals surface area contributed by atoms with Crippen molar-refractivity contribution < 1.29 is 16.2 Å². The van der Waals surface area contributed by atoms with Crippen LogP contribution in [0.1, 0.15) is 5.56 Å². The lowest BCUT2D eigenvalue weighted by Gasteiger charge is -2.02. The smallest absolute Gasteiger partial charge is 0.374 e. The van der Waals surface area contributed by atoms with E-state index in [4.69, 9.17) is 19.4 Å². The maximum absolute atomic E-state index is 11.6. The molecule has 110 valence electrons. The molecule has 0 amide bonds. The van der Waals surface area contributed by atoms with Gasteiger partial charge in [0.1, 0.15) is 5.75 Å². The maximum Gasteiger partial charge on any atom is 0.374 e. The topological polar surface area (TPSA) is 52.6 Å². The van der Waals surface area contributed by atoms with Gasteiger partial charge in [0.15, 0.2) is 11.1 Å². The minimum absolute atomic E-state index is 0.307. The Morgan fingerprint density at radius 3 is 2.29 bits per heavy atom. The fraction of sp³-hybridized carbons (Fsp3) is 0. The molecule has 2 aromatic rings. The van der Waals surface area contributed by atoms with Crippen LogP contribution in [0, 0.1) is 0 Å². The highest BCUT2D eigenvalue weighted by molar-refractivity contribution is 7.93. The Morgan fingerprint density at radius 2 is 1.62 bits per heavy atom. The molecule has 0 spiro atoms. The number of halogens is 1. The summed E-state index contributed by atoms with van der Waals surface area (Å²) < 4.78 is 32.8. The average Bonchev–Trinajstić information content (AvgIpc) is 2.48. The van der Waals surface area contributed by atoms with Gasteiger partial charge >= 0.3 is 11.4 Å². The van der Waals surface area contributed by atoms with Crippen LogP contribution in [0.5, 0.6) is 5.75 Å². The van der Waals surface area contributed by atoms with Crippen molar-refractivity contribution in [3.63, 3.8) is 0 Å². The van der Waals surface area contributed by atoms with Crippen molar-refractivity contribution in [1.82, 2.24) is 0 Å². The minimum atomic E-state index is -2.16. The Bertz CT molecular complexity index is 656. The lowest BCUT2D eigenvalue weighted by atomic mass is 10.2. The van der Waals surface area contributed by atoms with Crippen LogP contribution in [0.15, 0.2) is 60.0 Å². The van der Waals surface area contributed by atoms with Gasteiger partial charge in [0.25, 0.3) is 0 Å². The maximum atomic E-state index is 11.6. The molecule has 21 heavy (non-hydrogen) atoms. The van der Waals surface area contributed by atoms with Gasteiger partial charge in [-0.15, -0.1) is 0 Å². The molecular weight excluding hydrogens is 332 g/mol. The average molecular weight is 343 g/mol. The second-order valence-electron chi connectivity index (χ2n) is 3.78. The molecule has 0 bridgehead atoms. The van der Waals surface area contributed by atoms with Crippen molar-refractivity contribution in [2.45, 2.75) is 0 Å². The molecule has 2 aromatic carbocycles. The number of hydrogen-bond acceptors (Lipinski definition) is 4. The standard InChI is InChI=1S/C14H11ClO4S2/c15-13-6-8-14(9-7-13)18-21(17)19-20(16)11-10-12-4-2-1-3-5-12/h1-11H/b11-10+. The fourth-order valence-corrected chi connectivity index (χ4v) is 2.75.